The molecule has 0 amide bonds. The van der Waals surface area contributed by atoms with Gasteiger partial charge in [-0.1, -0.05) is 11.6 Å². The second kappa shape index (κ2) is 7.59. The molecule has 8 heteroatoms. The first-order valence-electron chi connectivity index (χ1n) is 7.30. The van der Waals surface area contributed by atoms with Gasteiger partial charge in [0.15, 0.2) is 0 Å². The van der Waals surface area contributed by atoms with Crippen LogP contribution in [0, 0.1) is 6.92 Å². The first-order valence-corrected chi connectivity index (χ1v) is 7.67. The van der Waals surface area contributed by atoms with Crippen LogP contribution in [-0.4, -0.2) is 27.1 Å². The monoisotopic (exact) mass is 392 g/mol. The van der Waals surface area contributed by atoms with E-state index in [1.165, 1.54) is 18.3 Å². The number of hydrogen-bond acceptors (Lipinski definition) is 4. The molecular weight excluding hydrogens is 379 g/mol. The number of aryl methyl sites for hydroxylation is 1. The Hall–Kier alpha value is -2.83. The van der Waals surface area contributed by atoms with Crippen molar-refractivity contribution in [1.82, 2.24) is 4.98 Å². The van der Waals surface area contributed by atoms with Gasteiger partial charge >= 0.3 is 11.9 Å². The summed E-state index contributed by atoms with van der Waals surface area (Å²) in [7, 11) is 0. The maximum absolute atomic E-state index is 11.6. The highest BCUT2D eigenvalue weighted by atomic mass is 35.5. The highest BCUT2D eigenvalue weighted by molar-refractivity contribution is 6.32. The van der Waals surface area contributed by atoms with Crippen LogP contribution in [0.1, 0.15) is 26.3 Å². The number of aromatic carboxylic acids is 2. The molecule has 0 spiro atoms. The van der Waals surface area contributed by atoms with Crippen molar-refractivity contribution < 1.29 is 19.8 Å². The van der Waals surface area contributed by atoms with Crippen LogP contribution in [0.2, 0.25) is 5.02 Å². The molecule has 0 unspecified atom stereocenters. The Kier molecular flexibility index (Phi) is 5.69. The maximum atomic E-state index is 11.6. The van der Waals surface area contributed by atoms with Gasteiger partial charge in [0.1, 0.15) is 5.56 Å². The van der Waals surface area contributed by atoms with E-state index in [1.54, 1.807) is 24.3 Å². The van der Waals surface area contributed by atoms with Crippen LogP contribution in [0.5, 0.6) is 0 Å². The topological polar surface area (TPSA) is 99.5 Å². The van der Waals surface area contributed by atoms with Crippen molar-refractivity contribution in [3.8, 4) is 0 Å². The van der Waals surface area contributed by atoms with E-state index < -0.39 is 11.9 Å². The minimum Gasteiger partial charge on any atom is -0.478 e. The molecule has 3 rings (SSSR count). The smallest absolute Gasteiger partial charge is 0.339 e. The fraction of sp³-hybridized carbons (Fsp3) is 0.0556. The summed E-state index contributed by atoms with van der Waals surface area (Å²) in [5, 5.41) is 22.6. The van der Waals surface area contributed by atoms with Crippen molar-refractivity contribution >= 4 is 58.2 Å². The molecule has 0 atom stereocenters. The van der Waals surface area contributed by atoms with E-state index >= 15 is 0 Å². The standard InChI is InChI=1S/C18H13ClN2O4.ClH/c1-9-14(19)7-6-12-15(9)20-8-13(18(24)25)16(12)21-11-4-2-10(3-5-11)17(22)23;/h2-8H,1H3,(H,20,21)(H,22,23)(H,24,25);1H. The molecule has 0 radical (unpaired) electrons. The lowest BCUT2D eigenvalue weighted by Crippen LogP contribution is -2.05. The molecule has 0 saturated heterocycles. The van der Waals surface area contributed by atoms with E-state index in [2.05, 4.69) is 10.3 Å². The van der Waals surface area contributed by atoms with Crippen LogP contribution >= 0.6 is 24.0 Å². The van der Waals surface area contributed by atoms with Gasteiger partial charge in [0, 0.05) is 22.3 Å². The van der Waals surface area contributed by atoms with Crippen LogP contribution in [0.4, 0.5) is 11.4 Å². The van der Waals surface area contributed by atoms with Crippen LogP contribution in [0.15, 0.2) is 42.6 Å². The maximum Gasteiger partial charge on any atom is 0.339 e. The molecule has 0 aliphatic rings. The third-order valence-corrected chi connectivity index (χ3v) is 4.27. The number of benzene rings is 2. The van der Waals surface area contributed by atoms with Crippen molar-refractivity contribution in [2.45, 2.75) is 6.92 Å². The van der Waals surface area contributed by atoms with E-state index in [9.17, 15) is 14.7 Å². The Balaban J connectivity index is 0.00000243. The van der Waals surface area contributed by atoms with E-state index in [-0.39, 0.29) is 23.5 Å². The molecule has 1 heterocycles. The highest BCUT2D eigenvalue weighted by Crippen LogP contribution is 2.33. The zero-order chi connectivity index (χ0) is 18.1. The second-order valence-electron chi connectivity index (χ2n) is 5.43. The second-order valence-corrected chi connectivity index (χ2v) is 5.84. The van der Waals surface area contributed by atoms with Gasteiger partial charge < -0.3 is 15.5 Å². The van der Waals surface area contributed by atoms with Crippen LogP contribution in [-0.2, 0) is 0 Å². The Labute approximate surface area is 159 Å². The highest BCUT2D eigenvalue weighted by Gasteiger charge is 2.17. The van der Waals surface area contributed by atoms with Gasteiger partial charge in [0.2, 0.25) is 0 Å². The third kappa shape index (κ3) is 3.56. The number of carboxylic acids is 2. The summed E-state index contributed by atoms with van der Waals surface area (Å²) in [6.45, 7) is 1.81. The molecule has 0 bridgehead atoms. The van der Waals surface area contributed by atoms with E-state index in [0.29, 0.717) is 27.3 Å². The number of aromatic nitrogens is 1. The largest absolute Gasteiger partial charge is 0.478 e. The average Bonchev–Trinajstić information content (AvgIpc) is 2.58. The average molecular weight is 393 g/mol. The predicted octanol–water partition coefficient (Wildman–Crippen LogP) is 4.76. The number of carbonyl (C=O) groups is 2. The zero-order valence-electron chi connectivity index (χ0n) is 13.5. The lowest BCUT2D eigenvalue weighted by molar-refractivity contribution is 0.0686. The van der Waals surface area contributed by atoms with Gasteiger partial charge in [0.25, 0.3) is 0 Å². The molecule has 0 aliphatic heterocycles. The number of nitrogens with one attached hydrogen (secondary N) is 1. The lowest BCUT2D eigenvalue weighted by Gasteiger charge is -2.14. The van der Waals surface area contributed by atoms with Crippen LogP contribution in [0.3, 0.4) is 0 Å². The number of nitrogens with zero attached hydrogens (tertiary/aromatic N) is 1. The number of halogens is 2. The first kappa shape index (κ1) is 19.5. The van der Waals surface area contributed by atoms with Gasteiger partial charge in [-0.2, -0.15) is 0 Å². The zero-order valence-corrected chi connectivity index (χ0v) is 15.1. The number of anilines is 2. The van der Waals surface area contributed by atoms with Crippen LogP contribution < -0.4 is 5.32 Å². The summed E-state index contributed by atoms with van der Waals surface area (Å²) in [5.74, 6) is -2.15. The summed E-state index contributed by atoms with van der Waals surface area (Å²) >= 11 is 6.12. The fourth-order valence-electron chi connectivity index (χ4n) is 2.52. The summed E-state index contributed by atoms with van der Waals surface area (Å²) in [4.78, 5) is 26.7. The fourth-order valence-corrected chi connectivity index (χ4v) is 2.67. The molecule has 0 saturated carbocycles. The van der Waals surface area contributed by atoms with Gasteiger partial charge in [-0.15, -0.1) is 12.4 Å². The number of carboxylic acid groups (broad SMARTS) is 2. The Morgan fingerprint density at radius 1 is 1.04 bits per heavy atom. The summed E-state index contributed by atoms with van der Waals surface area (Å²) < 4.78 is 0. The molecule has 2 aromatic carbocycles. The predicted molar refractivity (Wildman–Crippen MR) is 102 cm³/mol. The Bertz CT molecular complexity index is 1000. The quantitative estimate of drug-likeness (QED) is 0.591. The molecule has 3 aromatic rings. The van der Waals surface area contributed by atoms with Gasteiger partial charge in [-0.3, -0.25) is 4.98 Å². The molecule has 0 aliphatic carbocycles. The number of rotatable bonds is 4. The van der Waals surface area contributed by atoms with Gasteiger partial charge in [0.05, 0.1) is 16.8 Å². The summed E-state index contributed by atoms with van der Waals surface area (Å²) in [6.07, 6.45) is 1.28. The molecule has 134 valence electrons. The normalized spacial score (nSPS) is 10.2. The van der Waals surface area contributed by atoms with Crippen molar-refractivity contribution in [2.75, 3.05) is 5.32 Å². The van der Waals surface area contributed by atoms with Crippen molar-refractivity contribution in [3.63, 3.8) is 0 Å². The number of fused-ring (bicyclic) bond motifs is 1. The van der Waals surface area contributed by atoms with Crippen LogP contribution in [0.25, 0.3) is 10.9 Å². The van der Waals surface area contributed by atoms with E-state index in [0.717, 1.165) is 5.56 Å². The lowest BCUT2D eigenvalue weighted by atomic mass is 10.1. The molecule has 1 aromatic heterocycles. The first-order chi connectivity index (χ1) is 11.9. The molecule has 6 nitrogen and oxygen atoms in total. The minimum absolute atomic E-state index is 0. The van der Waals surface area contributed by atoms with Crippen molar-refractivity contribution in [2.24, 2.45) is 0 Å². The van der Waals surface area contributed by atoms with Crippen molar-refractivity contribution in [1.29, 1.82) is 0 Å². The third-order valence-electron chi connectivity index (χ3n) is 3.86. The number of pyridine rings is 1. The Morgan fingerprint density at radius 2 is 1.69 bits per heavy atom. The van der Waals surface area contributed by atoms with Gasteiger partial charge in [-0.25, -0.2) is 9.59 Å². The Morgan fingerprint density at radius 3 is 2.27 bits per heavy atom. The molecular formula is C18H14Cl2N2O4. The minimum atomic E-state index is -1.12. The number of hydrogen-bond donors (Lipinski definition) is 3. The molecule has 26 heavy (non-hydrogen) atoms. The summed E-state index contributed by atoms with van der Waals surface area (Å²) in [5.41, 5.74) is 2.44. The molecule has 3 N–H and O–H groups in total. The van der Waals surface area contributed by atoms with Crippen molar-refractivity contribution in [3.05, 3.63) is 64.3 Å². The molecule has 0 fully saturated rings. The van der Waals surface area contributed by atoms with Gasteiger partial charge in [-0.05, 0) is 48.9 Å². The summed E-state index contributed by atoms with van der Waals surface area (Å²) in [6, 6.07) is 9.42. The van der Waals surface area contributed by atoms with E-state index in [4.69, 9.17) is 16.7 Å². The SMILES string of the molecule is Cc1c(Cl)ccc2c(Nc3ccc(C(=O)O)cc3)c(C(=O)O)cnc12.Cl. The van der Waals surface area contributed by atoms with E-state index in [1.807, 2.05) is 6.92 Å².